The Labute approximate surface area is 208 Å². The van der Waals surface area contributed by atoms with Crippen LogP contribution in [0.1, 0.15) is 23.1 Å². The predicted molar refractivity (Wildman–Crippen MR) is 133 cm³/mol. The number of carbonyl (C=O) groups excluding carboxylic acids is 1. The first-order chi connectivity index (χ1) is 16.7. The molecule has 0 saturated carbocycles. The van der Waals surface area contributed by atoms with Gasteiger partial charge in [0.1, 0.15) is 23.1 Å². The van der Waals surface area contributed by atoms with Crippen LogP contribution in [0.15, 0.2) is 53.2 Å². The van der Waals surface area contributed by atoms with Gasteiger partial charge in [-0.3, -0.25) is 10.1 Å². The van der Waals surface area contributed by atoms with Gasteiger partial charge in [0.25, 0.3) is 11.1 Å². The molecule has 0 aliphatic rings. The van der Waals surface area contributed by atoms with Crippen molar-refractivity contribution >= 4 is 38.5 Å². The Morgan fingerprint density at radius 2 is 1.77 bits per heavy atom. The highest BCUT2D eigenvalue weighted by molar-refractivity contribution is 7.90. The van der Waals surface area contributed by atoms with E-state index in [0.29, 0.717) is 30.9 Å². The maximum atomic E-state index is 12.4. The van der Waals surface area contributed by atoms with E-state index >= 15 is 0 Å². The fourth-order valence-corrected chi connectivity index (χ4v) is 4.44. The number of carbonyl (C=O) groups is 1. The molecule has 1 amide bonds. The summed E-state index contributed by atoms with van der Waals surface area (Å²) in [5.74, 6) is 0.843. The Balaban J connectivity index is 1.51. The number of benzene rings is 2. The molecule has 1 heterocycles. The third-order valence-corrected chi connectivity index (χ3v) is 6.32. The largest absolute Gasteiger partial charge is 0.493 e. The van der Waals surface area contributed by atoms with Gasteiger partial charge in [0.2, 0.25) is 15.0 Å². The van der Waals surface area contributed by atoms with E-state index in [0.717, 1.165) is 34.7 Å². The molecule has 3 aromatic rings. The summed E-state index contributed by atoms with van der Waals surface area (Å²) in [6, 6.07) is 14.8. The third-order valence-electron chi connectivity index (χ3n) is 4.73. The quantitative estimate of drug-likeness (QED) is 0.245. The minimum Gasteiger partial charge on any atom is -0.493 e. The van der Waals surface area contributed by atoms with E-state index in [1.54, 1.807) is 24.3 Å². The highest BCUT2D eigenvalue weighted by atomic mass is 32.2. The van der Waals surface area contributed by atoms with Crippen LogP contribution in [0.25, 0.3) is 6.08 Å². The number of nitriles is 1. The van der Waals surface area contributed by atoms with E-state index in [-0.39, 0.29) is 15.9 Å². The molecule has 9 nitrogen and oxygen atoms in total. The van der Waals surface area contributed by atoms with Crippen molar-refractivity contribution in [2.24, 2.45) is 0 Å². The summed E-state index contributed by atoms with van der Waals surface area (Å²) in [5.41, 5.74) is 2.65. The number of amides is 1. The van der Waals surface area contributed by atoms with Crippen LogP contribution in [0.2, 0.25) is 0 Å². The number of para-hydroxylation sites is 1. The zero-order chi connectivity index (χ0) is 25.4. The number of aromatic nitrogens is 2. The van der Waals surface area contributed by atoms with Gasteiger partial charge in [0, 0.05) is 24.2 Å². The first-order valence-corrected chi connectivity index (χ1v) is 13.2. The molecule has 0 saturated heterocycles. The number of hydrogen-bond acceptors (Lipinski definition) is 9. The number of nitrogens with one attached hydrogen (secondary N) is 1. The second kappa shape index (κ2) is 11.6. The monoisotopic (exact) mass is 512 g/mol. The summed E-state index contributed by atoms with van der Waals surface area (Å²) in [4.78, 5) is 16.1. The van der Waals surface area contributed by atoms with Gasteiger partial charge in [0.05, 0.1) is 13.2 Å². The highest BCUT2D eigenvalue weighted by Crippen LogP contribution is 2.22. The van der Waals surface area contributed by atoms with Gasteiger partial charge in [-0.05, 0) is 48.7 Å². The standard InChI is InChI=1S/C24H24N4O5S2/c1-16-6-4-7-17(2)21(16)33-13-5-12-32-20-10-8-18(9-11-20)14-19(15-25)22(29)26-23-27-24(28-34-23)35(3,30)31/h4,6-11,14H,5,12-13H2,1-3H3,(H,26,27,28,29). The molecule has 0 aliphatic carbocycles. The fourth-order valence-electron chi connectivity index (χ4n) is 3.00. The van der Waals surface area contributed by atoms with Crippen molar-refractivity contribution in [1.29, 1.82) is 5.26 Å². The van der Waals surface area contributed by atoms with Gasteiger partial charge in [-0.25, -0.2) is 8.42 Å². The topological polar surface area (TPSA) is 131 Å². The molecule has 11 heteroatoms. The smallest absolute Gasteiger partial charge is 0.268 e. The molecule has 35 heavy (non-hydrogen) atoms. The zero-order valence-corrected chi connectivity index (χ0v) is 21.1. The summed E-state index contributed by atoms with van der Waals surface area (Å²) in [7, 11) is -3.58. The first kappa shape index (κ1) is 25.9. The van der Waals surface area contributed by atoms with Crippen LogP contribution in [0.3, 0.4) is 0 Å². The average molecular weight is 513 g/mol. The van der Waals surface area contributed by atoms with Crippen molar-refractivity contribution in [1.82, 2.24) is 9.36 Å². The van der Waals surface area contributed by atoms with Crippen molar-refractivity contribution in [2.45, 2.75) is 25.4 Å². The maximum Gasteiger partial charge on any atom is 0.268 e. The lowest BCUT2D eigenvalue weighted by Crippen LogP contribution is -2.13. The number of aryl methyl sites for hydroxylation is 2. The fraction of sp³-hybridized carbons (Fsp3) is 0.250. The van der Waals surface area contributed by atoms with Crippen molar-refractivity contribution < 1.29 is 22.7 Å². The minimum absolute atomic E-state index is 0.0121. The Bertz CT molecular complexity index is 1350. The van der Waals surface area contributed by atoms with Crippen LogP contribution in [-0.2, 0) is 14.6 Å². The van der Waals surface area contributed by atoms with Crippen molar-refractivity contribution in [3.8, 4) is 17.6 Å². The molecular weight excluding hydrogens is 488 g/mol. The summed E-state index contributed by atoms with van der Waals surface area (Å²) in [5, 5.41) is 11.4. The number of rotatable bonds is 10. The van der Waals surface area contributed by atoms with Gasteiger partial charge >= 0.3 is 0 Å². The first-order valence-electron chi connectivity index (χ1n) is 10.6. The molecular formula is C24H24N4O5S2. The lowest BCUT2D eigenvalue weighted by molar-refractivity contribution is -0.112. The minimum atomic E-state index is -3.58. The molecule has 0 aliphatic heterocycles. The van der Waals surface area contributed by atoms with E-state index in [9.17, 15) is 18.5 Å². The summed E-state index contributed by atoms with van der Waals surface area (Å²) < 4.78 is 38.2. The van der Waals surface area contributed by atoms with Crippen molar-refractivity contribution in [2.75, 3.05) is 24.8 Å². The number of sulfone groups is 1. The molecule has 0 radical (unpaired) electrons. The molecule has 0 spiro atoms. The van der Waals surface area contributed by atoms with E-state index in [2.05, 4.69) is 14.7 Å². The van der Waals surface area contributed by atoms with Gasteiger partial charge in [0.15, 0.2) is 0 Å². The lowest BCUT2D eigenvalue weighted by atomic mass is 10.1. The number of hydrogen-bond donors (Lipinski definition) is 1. The van der Waals surface area contributed by atoms with Gasteiger partial charge in [-0.2, -0.15) is 14.6 Å². The predicted octanol–water partition coefficient (Wildman–Crippen LogP) is 3.95. The maximum absolute atomic E-state index is 12.4. The molecule has 182 valence electrons. The van der Waals surface area contributed by atoms with E-state index < -0.39 is 15.7 Å². The van der Waals surface area contributed by atoms with E-state index in [4.69, 9.17) is 9.47 Å². The van der Waals surface area contributed by atoms with Crippen LogP contribution >= 0.6 is 11.5 Å². The Morgan fingerprint density at radius 3 is 2.37 bits per heavy atom. The van der Waals surface area contributed by atoms with Gasteiger partial charge < -0.3 is 9.47 Å². The lowest BCUT2D eigenvalue weighted by Gasteiger charge is -2.12. The second-order valence-corrected chi connectivity index (χ2v) is 10.3. The number of ether oxygens (including phenoxy) is 2. The van der Waals surface area contributed by atoms with Crippen LogP contribution in [0.5, 0.6) is 11.5 Å². The van der Waals surface area contributed by atoms with Crippen molar-refractivity contribution in [3.05, 3.63) is 64.7 Å². The molecule has 0 atom stereocenters. The van der Waals surface area contributed by atoms with Gasteiger partial charge in [-0.15, -0.1) is 0 Å². The van der Waals surface area contributed by atoms with E-state index in [1.807, 2.05) is 38.1 Å². The highest BCUT2D eigenvalue weighted by Gasteiger charge is 2.17. The Kier molecular flexibility index (Phi) is 8.57. The number of anilines is 1. The summed E-state index contributed by atoms with van der Waals surface area (Å²) in [6.45, 7) is 5.04. The van der Waals surface area contributed by atoms with Crippen LogP contribution in [0, 0.1) is 25.2 Å². The normalized spacial score (nSPS) is 11.5. The summed E-state index contributed by atoms with van der Waals surface area (Å²) in [6.07, 6.45) is 3.09. The zero-order valence-electron chi connectivity index (χ0n) is 19.4. The molecule has 1 aromatic heterocycles. The number of nitrogens with zero attached hydrogens (tertiary/aromatic N) is 3. The molecule has 0 fully saturated rings. The van der Waals surface area contributed by atoms with Gasteiger partial charge in [-0.1, -0.05) is 30.3 Å². The van der Waals surface area contributed by atoms with Crippen LogP contribution < -0.4 is 14.8 Å². The van der Waals surface area contributed by atoms with E-state index in [1.165, 1.54) is 6.08 Å². The Hall–Kier alpha value is -3.75. The van der Waals surface area contributed by atoms with Crippen LogP contribution in [-0.4, -0.2) is 43.2 Å². The molecule has 1 N–H and O–H groups in total. The summed E-state index contributed by atoms with van der Waals surface area (Å²) >= 11 is 0.718. The third kappa shape index (κ3) is 7.37. The SMILES string of the molecule is Cc1cccc(C)c1OCCCOc1ccc(C=C(C#N)C(=O)Nc2nc(S(C)(=O)=O)ns2)cc1. The second-order valence-electron chi connectivity index (χ2n) is 7.62. The van der Waals surface area contributed by atoms with Crippen molar-refractivity contribution in [3.63, 3.8) is 0 Å². The molecule has 0 unspecified atom stereocenters. The van der Waals surface area contributed by atoms with Crippen LogP contribution in [0.4, 0.5) is 5.13 Å². The average Bonchev–Trinajstić information content (AvgIpc) is 3.29. The molecule has 0 bridgehead atoms. The Morgan fingerprint density at radius 1 is 1.11 bits per heavy atom. The molecule has 2 aromatic carbocycles. The molecule has 3 rings (SSSR count).